The van der Waals surface area contributed by atoms with E-state index >= 15 is 0 Å². The molecule has 2 unspecified atom stereocenters. The molecule has 0 fully saturated rings. The number of allylic oxidation sites excluding steroid dienone is 4. The summed E-state index contributed by atoms with van der Waals surface area (Å²) in [5, 5.41) is 5.71. The first-order chi connectivity index (χ1) is 9.65. The number of benzene rings is 1. The van der Waals surface area contributed by atoms with Gasteiger partial charge in [-0.2, -0.15) is 5.10 Å². The van der Waals surface area contributed by atoms with Crippen LogP contribution in [0.2, 0.25) is 10.0 Å². The first-order valence-corrected chi connectivity index (χ1v) is 7.21. The van der Waals surface area contributed by atoms with Crippen LogP contribution in [0, 0.1) is 0 Å². The van der Waals surface area contributed by atoms with Gasteiger partial charge in [0.05, 0.1) is 6.04 Å². The molecule has 102 valence electrons. The van der Waals surface area contributed by atoms with Gasteiger partial charge in [0.15, 0.2) is 0 Å². The van der Waals surface area contributed by atoms with Crippen molar-refractivity contribution in [2.24, 2.45) is 0 Å². The molecular formula is C16H14Cl2N2. The molecule has 2 aromatic rings. The van der Waals surface area contributed by atoms with Gasteiger partial charge in [-0.25, -0.2) is 0 Å². The van der Waals surface area contributed by atoms with Crippen molar-refractivity contribution in [3.8, 4) is 0 Å². The lowest BCUT2D eigenvalue weighted by molar-refractivity contribution is 0.469. The molecule has 0 aliphatic heterocycles. The van der Waals surface area contributed by atoms with E-state index in [0.717, 1.165) is 5.56 Å². The van der Waals surface area contributed by atoms with Gasteiger partial charge in [0.25, 0.3) is 0 Å². The molecule has 1 aromatic heterocycles. The van der Waals surface area contributed by atoms with E-state index in [1.807, 2.05) is 29.1 Å². The second-order valence-corrected chi connectivity index (χ2v) is 5.83. The molecule has 20 heavy (non-hydrogen) atoms. The number of hydrogen-bond acceptors (Lipinski definition) is 1. The minimum absolute atomic E-state index is 0.157. The van der Waals surface area contributed by atoms with Gasteiger partial charge in [-0.15, -0.1) is 0 Å². The largest absolute Gasteiger partial charge is 0.265 e. The molecule has 0 N–H and O–H groups in total. The Balaban J connectivity index is 2.06. The van der Waals surface area contributed by atoms with Gasteiger partial charge in [-0.05, 0) is 42.3 Å². The van der Waals surface area contributed by atoms with Gasteiger partial charge >= 0.3 is 0 Å². The van der Waals surface area contributed by atoms with E-state index in [1.165, 1.54) is 5.57 Å². The first-order valence-electron chi connectivity index (χ1n) is 6.45. The van der Waals surface area contributed by atoms with Crippen LogP contribution in [0.4, 0.5) is 0 Å². The Morgan fingerprint density at radius 1 is 1.15 bits per heavy atom. The summed E-state index contributed by atoms with van der Waals surface area (Å²) in [6.07, 6.45) is 10.2. The summed E-state index contributed by atoms with van der Waals surface area (Å²) in [5.41, 5.74) is 2.36. The van der Waals surface area contributed by atoms with Gasteiger partial charge < -0.3 is 0 Å². The smallest absolute Gasteiger partial charge is 0.0832 e. The lowest BCUT2D eigenvalue weighted by Crippen LogP contribution is -2.20. The molecule has 0 radical (unpaired) electrons. The molecule has 0 amide bonds. The Morgan fingerprint density at radius 3 is 2.55 bits per heavy atom. The number of nitrogens with zero attached hydrogens (tertiary/aromatic N) is 2. The highest BCUT2D eigenvalue weighted by molar-refractivity contribution is 6.34. The van der Waals surface area contributed by atoms with Gasteiger partial charge in [-0.3, -0.25) is 4.68 Å². The van der Waals surface area contributed by atoms with Crippen LogP contribution >= 0.6 is 23.2 Å². The zero-order chi connectivity index (χ0) is 14.1. The molecule has 4 heteroatoms. The second-order valence-electron chi connectivity index (χ2n) is 4.96. The summed E-state index contributed by atoms with van der Waals surface area (Å²) >= 11 is 12.3. The molecule has 0 spiro atoms. The predicted octanol–water partition coefficient (Wildman–Crippen LogP) is 5.03. The van der Waals surface area contributed by atoms with E-state index in [9.17, 15) is 0 Å². The summed E-state index contributed by atoms with van der Waals surface area (Å²) < 4.78 is 1.98. The van der Waals surface area contributed by atoms with Crippen LogP contribution in [-0.2, 0) is 0 Å². The highest BCUT2D eigenvalue weighted by atomic mass is 35.5. The summed E-state index contributed by atoms with van der Waals surface area (Å²) in [6.45, 7) is 2.12. The maximum atomic E-state index is 6.13. The van der Waals surface area contributed by atoms with E-state index in [-0.39, 0.29) is 12.0 Å². The quantitative estimate of drug-likeness (QED) is 0.761. The highest BCUT2D eigenvalue weighted by Crippen LogP contribution is 2.39. The van der Waals surface area contributed by atoms with Crippen molar-refractivity contribution in [2.45, 2.75) is 18.9 Å². The molecule has 0 saturated carbocycles. The second kappa shape index (κ2) is 5.47. The van der Waals surface area contributed by atoms with Crippen molar-refractivity contribution in [3.63, 3.8) is 0 Å². The highest BCUT2D eigenvalue weighted by Gasteiger charge is 2.26. The van der Waals surface area contributed by atoms with E-state index in [0.29, 0.717) is 10.0 Å². The molecule has 0 bridgehead atoms. The fourth-order valence-electron chi connectivity index (χ4n) is 2.69. The van der Waals surface area contributed by atoms with E-state index in [2.05, 4.69) is 30.3 Å². The van der Waals surface area contributed by atoms with Crippen LogP contribution in [0.5, 0.6) is 0 Å². The van der Waals surface area contributed by atoms with E-state index < -0.39 is 0 Å². The summed E-state index contributed by atoms with van der Waals surface area (Å²) in [6, 6.07) is 7.79. The SMILES string of the molecule is CC1=CC=CC(c2cc(Cl)cc(Cl)c2)C1n1cccn1. The topological polar surface area (TPSA) is 17.8 Å². The number of hydrogen-bond donors (Lipinski definition) is 0. The number of aromatic nitrogens is 2. The Kier molecular flexibility index (Phi) is 3.68. The number of halogens is 2. The van der Waals surface area contributed by atoms with Crippen molar-refractivity contribution in [2.75, 3.05) is 0 Å². The Morgan fingerprint density at radius 2 is 1.90 bits per heavy atom. The third-order valence-corrected chi connectivity index (χ3v) is 4.00. The predicted molar refractivity (Wildman–Crippen MR) is 83.4 cm³/mol. The van der Waals surface area contributed by atoms with Crippen LogP contribution in [0.15, 0.2) is 60.5 Å². The normalized spacial score (nSPS) is 21.9. The average molecular weight is 305 g/mol. The van der Waals surface area contributed by atoms with Crippen LogP contribution in [0.25, 0.3) is 0 Å². The van der Waals surface area contributed by atoms with Gasteiger partial charge in [0, 0.05) is 28.4 Å². The molecule has 1 aliphatic rings. The minimum atomic E-state index is 0.157. The Bertz CT molecular complexity index is 652. The van der Waals surface area contributed by atoms with Crippen molar-refractivity contribution < 1.29 is 0 Å². The standard InChI is InChI=1S/C16H14Cl2N2/c1-11-4-2-5-15(16(11)20-7-3-6-19-20)12-8-13(17)10-14(18)9-12/h2-10,15-16H,1H3. The van der Waals surface area contributed by atoms with Crippen LogP contribution < -0.4 is 0 Å². The molecular weight excluding hydrogens is 291 g/mol. The maximum Gasteiger partial charge on any atom is 0.0832 e. The van der Waals surface area contributed by atoms with Crippen molar-refractivity contribution in [1.29, 1.82) is 0 Å². The van der Waals surface area contributed by atoms with Crippen molar-refractivity contribution in [1.82, 2.24) is 9.78 Å². The summed E-state index contributed by atoms with van der Waals surface area (Å²) in [4.78, 5) is 0. The van der Waals surface area contributed by atoms with Gasteiger partial charge in [0.2, 0.25) is 0 Å². The Hall–Kier alpha value is -1.51. The summed E-state index contributed by atoms with van der Waals surface area (Å²) in [7, 11) is 0. The van der Waals surface area contributed by atoms with Crippen LogP contribution in [-0.4, -0.2) is 9.78 Å². The third kappa shape index (κ3) is 2.54. The molecule has 1 aromatic carbocycles. The lowest BCUT2D eigenvalue weighted by Gasteiger charge is -2.29. The zero-order valence-electron chi connectivity index (χ0n) is 11.0. The fraction of sp³-hybridized carbons (Fsp3) is 0.188. The molecule has 0 saturated heterocycles. The van der Waals surface area contributed by atoms with Gasteiger partial charge in [0.1, 0.15) is 0 Å². The van der Waals surface area contributed by atoms with E-state index in [4.69, 9.17) is 23.2 Å². The molecule has 3 rings (SSSR count). The number of rotatable bonds is 2. The molecule has 1 heterocycles. The molecule has 1 aliphatic carbocycles. The maximum absolute atomic E-state index is 6.13. The zero-order valence-corrected chi connectivity index (χ0v) is 12.5. The lowest BCUT2D eigenvalue weighted by atomic mass is 9.84. The van der Waals surface area contributed by atoms with E-state index in [1.54, 1.807) is 12.3 Å². The average Bonchev–Trinajstić information content (AvgIpc) is 2.90. The first kappa shape index (κ1) is 13.5. The fourth-order valence-corrected chi connectivity index (χ4v) is 3.24. The van der Waals surface area contributed by atoms with Crippen LogP contribution in [0.1, 0.15) is 24.4 Å². The third-order valence-electron chi connectivity index (χ3n) is 3.56. The minimum Gasteiger partial charge on any atom is -0.265 e. The van der Waals surface area contributed by atoms with Crippen molar-refractivity contribution in [3.05, 3.63) is 76.1 Å². The van der Waals surface area contributed by atoms with Crippen molar-refractivity contribution >= 4 is 23.2 Å². The van der Waals surface area contributed by atoms with Gasteiger partial charge in [-0.1, -0.05) is 41.4 Å². The van der Waals surface area contributed by atoms with Crippen LogP contribution in [0.3, 0.4) is 0 Å². The Labute approximate surface area is 128 Å². The monoisotopic (exact) mass is 304 g/mol. The molecule has 2 nitrogen and oxygen atoms in total. The molecule has 2 atom stereocenters. The summed E-state index contributed by atoms with van der Waals surface area (Å²) in [5.74, 6) is 0.177.